The summed E-state index contributed by atoms with van der Waals surface area (Å²) >= 11 is 0. The summed E-state index contributed by atoms with van der Waals surface area (Å²) in [4.78, 5) is 24.5. The van der Waals surface area contributed by atoms with Crippen LogP contribution < -0.4 is 10.5 Å². The Kier molecular flexibility index (Phi) is 3.49. The van der Waals surface area contributed by atoms with Crippen LogP contribution in [0.25, 0.3) is 33.3 Å². The Bertz CT molecular complexity index is 1360. The molecule has 2 aliphatic heterocycles. The minimum Gasteiger partial charge on any atom is -0.378 e. The summed E-state index contributed by atoms with van der Waals surface area (Å²) in [6.07, 6.45) is 0. The molecule has 4 heterocycles. The van der Waals surface area contributed by atoms with Gasteiger partial charge in [0, 0.05) is 24.0 Å². The smallest absolute Gasteiger partial charge is 0.262 e. The molecule has 2 aliphatic rings. The van der Waals surface area contributed by atoms with Gasteiger partial charge in [-0.05, 0) is 24.3 Å². The molecule has 29 heavy (non-hydrogen) atoms. The van der Waals surface area contributed by atoms with Crippen molar-refractivity contribution in [3.8, 4) is 11.5 Å². The van der Waals surface area contributed by atoms with E-state index in [4.69, 9.17) is 14.7 Å². The number of aromatic nitrogens is 3. The fourth-order valence-electron chi connectivity index (χ4n) is 4.25. The topological polar surface area (TPSA) is 60.3 Å². The Labute approximate surface area is 165 Å². The second-order valence-electron chi connectivity index (χ2n) is 7.44. The van der Waals surface area contributed by atoms with E-state index in [1.807, 2.05) is 29.2 Å². The van der Waals surface area contributed by atoms with E-state index in [-0.39, 0.29) is 5.56 Å². The first-order valence-electron chi connectivity index (χ1n) is 9.65. The van der Waals surface area contributed by atoms with Crippen molar-refractivity contribution in [2.24, 2.45) is 0 Å². The summed E-state index contributed by atoms with van der Waals surface area (Å²) < 4.78 is 21.8. The fourth-order valence-corrected chi connectivity index (χ4v) is 4.25. The van der Waals surface area contributed by atoms with Crippen LogP contribution in [0.1, 0.15) is 5.56 Å². The van der Waals surface area contributed by atoms with Crippen LogP contribution in [0.3, 0.4) is 0 Å². The molecule has 0 aliphatic carbocycles. The molecule has 6 nitrogen and oxygen atoms in total. The number of hydrogen-bond donors (Lipinski definition) is 0. The summed E-state index contributed by atoms with van der Waals surface area (Å²) in [5, 5.41) is 1.32. The van der Waals surface area contributed by atoms with Crippen LogP contribution in [0.4, 0.5) is 10.1 Å². The van der Waals surface area contributed by atoms with E-state index in [0.29, 0.717) is 55.3 Å². The van der Waals surface area contributed by atoms with E-state index in [0.717, 1.165) is 22.2 Å². The molecule has 0 spiro atoms. The maximum absolute atomic E-state index is 14.8. The van der Waals surface area contributed by atoms with Crippen LogP contribution in [0.2, 0.25) is 0 Å². The van der Waals surface area contributed by atoms with Gasteiger partial charge in [-0.1, -0.05) is 18.2 Å². The molecular formula is C22H17FN4O2. The molecule has 1 saturated heterocycles. The van der Waals surface area contributed by atoms with E-state index in [2.05, 4.69) is 6.07 Å². The molecule has 1 fully saturated rings. The number of hydrogen-bond acceptors (Lipinski definition) is 5. The summed E-state index contributed by atoms with van der Waals surface area (Å²) in [7, 11) is 0. The number of benzene rings is 2. The normalized spacial score (nSPS) is 15.7. The molecule has 2 aromatic heterocycles. The standard InChI is InChI=1S/C22H17FN4O2/c23-16-10-15-18(11-19(16)26-5-7-29-8-6-26)25-21-20-14(12-27(21)22(15)28)9-13-3-1-2-4-17(13)24-20/h1-4,9-11H,5-8,12H2. The van der Waals surface area contributed by atoms with Gasteiger partial charge in [0.1, 0.15) is 11.5 Å². The Balaban J connectivity index is 1.57. The number of halogens is 1. The third kappa shape index (κ3) is 2.47. The van der Waals surface area contributed by atoms with E-state index in [1.54, 1.807) is 10.6 Å². The Morgan fingerprint density at radius 2 is 1.83 bits per heavy atom. The van der Waals surface area contributed by atoms with Gasteiger partial charge in [-0.2, -0.15) is 0 Å². The van der Waals surface area contributed by atoms with Gasteiger partial charge >= 0.3 is 0 Å². The van der Waals surface area contributed by atoms with Crippen LogP contribution in [-0.4, -0.2) is 40.8 Å². The molecule has 0 bridgehead atoms. The number of morpholine rings is 1. The van der Waals surface area contributed by atoms with Gasteiger partial charge in [0.15, 0.2) is 5.82 Å². The van der Waals surface area contributed by atoms with Gasteiger partial charge in [-0.15, -0.1) is 0 Å². The van der Waals surface area contributed by atoms with Gasteiger partial charge in [0.2, 0.25) is 0 Å². The summed E-state index contributed by atoms with van der Waals surface area (Å²) in [5.41, 5.74) is 3.26. The summed E-state index contributed by atoms with van der Waals surface area (Å²) in [6.45, 7) is 2.74. The second kappa shape index (κ2) is 6.09. The number of para-hydroxylation sites is 1. The van der Waals surface area contributed by atoms with Crippen LogP contribution in [0, 0.1) is 5.82 Å². The van der Waals surface area contributed by atoms with Gasteiger partial charge in [-0.3, -0.25) is 9.36 Å². The lowest BCUT2D eigenvalue weighted by Gasteiger charge is -2.29. The maximum atomic E-state index is 14.8. The van der Waals surface area contributed by atoms with E-state index < -0.39 is 5.82 Å². The van der Waals surface area contributed by atoms with Crippen molar-refractivity contribution in [1.29, 1.82) is 0 Å². The minimum absolute atomic E-state index is 0.237. The predicted octanol–water partition coefficient (Wildman–Crippen LogP) is 2.95. The van der Waals surface area contributed by atoms with E-state index in [1.165, 1.54) is 6.07 Å². The average molecular weight is 388 g/mol. The summed E-state index contributed by atoms with van der Waals surface area (Å²) in [5.74, 6) is 0.140. The first-order chi connectivity index (χ1) is 14.2. The Morgan fingerprint density at radius 1 is 1.00 bits per heavy atom. The minimum atomic E-state index is -0.404. The van der Waals surface area contributed by atoms with Crippen molar-refractivity contribution in [1.82, 2.24) is 14.5 Å². The molecule has 7 heteroatoms. The van der Waals surface area contributed by atoms with Crippen LogP contribution in [0.5, 0.6) is 0 Å². The zero-order valence-electron chi connectivity index (χ0n) is 15.6. The molecule has 0 saturated carbocycles. The largest absolute Gasteiger partial charge is 0.378 e. The quantitative estimate of drug-likeness (QED) is 0.442. The highest BCUT2D eigenvalue weighted by Crippen LogP contribution is 2.32. The summed E-state index contributed by atoms with van der Waals surface area (Å²) in [6, 6.07) is 12.9. The van der Waals surface area contributed by atoms with Crippen LogP contribution in [-0.2, 0) is 11.3 Å². The molecular weight excluding hydrogens is 371 g/mol. The highest BCUT2D eigenvalue weighted by molar-refractivity contribution is 5.87. The molecule has 6 rings (SSSR count). The molecule has 0 unspecified atom stereocenters. The Hall–Kier alpha value is -3.32. The number of ether oxygens (including phenoxy) is 1. The van der Waals surface area contributed by atoms with Crippen molar-refractivity contribution in [2.75, 3.05) is 31.2 Å². The van der Waals surface area contributed by atoms with Crippen LogP contribution >= 0.6 is 0 Å². The van der Waals surface area contributed by atoms with Crippen molar-refractivity contribution >= 4 is 27.5 Å². The zero-order chi connectivity index (χ0) is 19.5. The van der Waals surface area contributed by atoms with Crippen molar-refractivity contribution < 1.29 is 9.13 Å². The lowest BCUT2D eigenvalue weighted by molar-refractivity contribution is 0.122. The highest BCUT2D eigenvalue weighted by Gasteiger charge is 2.26. The lowest BCUT2D eigenvalue weighted by atomic mass is 10.1. The maximum Gasteiger partial charge on any atom is 0.262 e. The number of nitrogens with zero attached hydrogens (tertiary/aromatic N) is 4. The van der Waals surface area contributed by atoms with E-state index >= 15 is 0 Å². The number of pyridine rings is 1. The number of anilines is 1. The van der Waals surface area contributed by atoms with Crippen molar-refractivity contribution in [3.05, 3.63) is 64.2 Å². The van der Waals surface area contributed by atoms with Crippen molar-refractivity contribution in [2.45, 2.75) is 6.54 Å². The molecule has 2 aromatic carbocycles. The average Bonchev–Trinajstić information content (AvgIpc) is 3.11. The third-order valence-corrected chi connectivity index (χ3v) is 5.72. The van der Waals surface area contributed by atoms with Gasteiger partial charge < -0.3 is 9.64 Å². The predicted molar refractivity (Wildman–Crippen MR) is 109 cm³/mol. The Morgan fingerprint density at radius 3 is 2.69 bits per heavy atom. The number of fused-ring (bicyclic) bond motifs is 5. The third-order valence-electron chi connectivity index (χ3n) is 5.72. The van der Waals surface area contributed by atoms with E-state index in [9.17, 15) is 9.18 Å². The molecule has 144 valence electrons. The highest BCUT2D eigenvalue weighted by atomic mass is 19.1. The first kappa shape index (κ1) is 16.6. The van der Waals surface area contributed by atoms with Gasteiger partial charge in [-0.25, -0.2) is 14.4 Å². The molecule has 0 amide bonds. The monoisotopic (exact) mass is 388 g/mol. The molecule has 0 N–H and O–H groups in total. The van der Waals surface area contributed by atoms with Crippen molar-refractivity contribution in [3.63, 3.8) is 0 Å². The second-order valence-corrected chi connectivity index (χ2v) is 7.44. The van der Waals surface area contributed by atoms with Gasteiger partial charge in [0.05, 0.1) is 41.9 Å². The van der Waals surface area contributed by atoms with Gasteiger partial charge in [0.25, 0.3) is 5.56 Å². The number of rotatable bonds is 1. The SMILES string of the molecule is O=c1c2cc(F)c(N3CCOCC3)cc2nc2n1Cc1cc3ccccc3nc1-2. The fraction of sp³-hybridized carbons (Fsp3) is 0.227. The van der Waals surface area contributed by atoms with Crippen LogP contribution in [0.15, 0.2) is 47.3 Å². The molecule has 0 atom stereocenters. The first-order valence-corrected chi connectivity index (χ1v) is 9.65. The lowest BCUT2D eigenvalue weighted by Crippen LogP contribution is -2.36. The molecule has 0 radical (unpaired) electrons. The zero-order valence-corrected chi connectivity index (χ0v) is 15.6. The molecule has 4 aromatic rings.